The lowest BCUT2D eigenvalue weighted by molar-refractivity contribution is -0.269. The summed E-state index contributed by atoms with van der Waals surface area (Å²) in [6, 6.07) is 5.59. The van der Waals surface area contributed by atoms with Crippen molar-refractivity contribution in [1.29, 1.82) is 0 Å². The van der Waals surface area contributed by atoms with Gasteiger partial charge in [-0.05, 0) is 12.8 Å². The van der Waals surface area contributed by atoms with Gasteiger partial charge in [0.05, 0.1) is 0 Å². The van der Waals surface area contributed by atoms with Gasteiger partial charge in [0.2, 0.25) is 0 Å². The molecule has 0 aliphatic heterocycles. The van der Waals surface area contributed by atoms with Crippen molar-refractivity contribution in [2.75, 3.05) is 0 Å². The average Bonchev–Trinajstić information content (AvgIpc) is 1.85. The van der Waals surface area contributed by atoms with Gasteiger partial charge in [0.25, 0.3) is 0 Å². The van der Waals surface area contributed by atoms with E-state index in [4.69, 9.17) is 0 Å². The molecule has 1 aromatic carbocycles. The van der Waals surface area contributed by atoms with Gasteiger partial charge in [-0.25, -0.2) is 0 Å². The fraction of sp³-hybridized carbons (Fsp3) is 0.400. The van der Waals surface area contributed by atoms with E-state index in [-0.39, 0.29) is 5.75 Å². The van der Waals surface area contributed by atoms with Crippen molar-refractivity contribution in [2.24, 2.45) is 0 Å². The molecule has 0 aliphatic carbocycles. The predicted molar refractivity (Wildman–Crippen MR) is 44.7 cm³/mol. The fourth-order valence-corrected chi connectivity index (χ4v) is 1.12. The summed E-state index contributed by atoms with van der Waals surface area (Å²) in [5.74, 6) is 0.503. The highest BCUT2D eigenvalue weighted by Gasteiger charge is 1.98. The van der Waals surface area contributed by atoms with Gasteiger partial charge in [0.15, 0.2) is 0 Å². The van der Waals surface area contributed by atoms with Gasteiger partial charge in [-0.3, -0.25) is 0 Å². The highest BCUT2D eigenvalue weighted by molar-refractivity contribution is 5.36. The van der Waals surface area contributed by atoms with Crippen molar-refractivity contribution in [2.45, 2.75) is 26.7 Å². The van der Waals surface area contributed by atoms with Gasteiger partial charge < -0.3 is 5.11 Å². The van der Waals surface area contributed by atoms with Crippen LogP contribution in [-0.4, -0.2) is 0 Å². The van der Waals surface area contributed by atoms with E-state index in [1.165, 1.54) is 0 Å². The van der Waals surface area contributed by atoms with Gasteiger partial charge >= 0.3 is 0 Å². The highest BCUT2D eigenvalue weighted by Crippen LogP contribution is 2.23. The molecule has 0 saturated carbocycles. The van der Waals surface area contributed by atoms with Crippen LogP contribution in [0.3, 0.4) is 0 Å². The molecule has 0 amide bonds. The third-order valence-electron chi connectivity index (χ3n) is 1.79. The molecule has 1 nitrogen and oxygen atoms in total. The van der Waals surface area contributed by atoms with E-state index >= 15 is 0 Å². The fourth-order valence-electron chi connectivity index (χ4n) is 1.12. The van der Waals surface area contributed by atoms with Crippen LogP contribution >= 0.6 is 0 Å². The van der Waals surface area contributed by atoms with Crippen LogP contribution in [0.25, 0.3) is 0 Å². The zero-order valence-electron chi connectivity index (χ0n) is 7.22. The van der Waals surface area contributed by atoms with Gasteiger partial charge in [-0.1, -0.05) is 43.2 Å². The summed E-state index contributed by atoms with van der Waals surface area (Å²) in [5.41, 5.74) is 1.95. The Morgan fingerprint density at radius 3 is 2.36 bits per heavy atom. The maximum atomic E-state index is 11.3. The second-order valence-electron chi connectivity index (χ2n) is 3.20. The van der Waals surface area contributed by atoms with E-state index in [0.29, 0.717) is 5.92 Å². The Bertz CT molecular complexity index is 251. The minimum Gasteiger partial charge on any atom is -0.872 e. The van der Waals surface area contributed by atoms with Crippen molar-refractivity contribution in [3.05, 3.63) is 29.3 Å². The largest absolute Gasteiger partial charge is 0.872 e. The van der Waals surface area contributed by atoms with Gasteiger partial charge in [0.1, 0.15) is 0 Å². The van der Waals surface area contributed by atoms with E-state index in [2.05, 4.69) is 0 Å². The Morgan fingerprint density at radius 2 is 1.91 bits per heavy atom. The van der Waals surface area contributed by atoms with Crippen molar-refractivity contribution in [1.82, 2.24) is 0 Å². The molecule has 0 spiro atoms. The molecule has 0 N–H and O–H groups in total. The molecule has 1 heteroatoms. The quantitative estimate of drug-likeness (QED) is 0.600. The van der Waals surface area contributed by atoms with Crippen molar-refractivity contribution in [3.8, 4) is 5.75 Å². The van der Waals surface area contributed by atoms with Crippen molar-refractivity contribution in [3.63, 3.8) is 0 Å². The maximum Gasteiger partial charge on any atom is -0.0225 e. The lowest BCUT2D eigenvalue weighted by atomic mass is 10.0. The lowest BCUT2D eigenvalue weighted by Gasteiger charge is -2.16. The summed E-state index contributed by atoms with van der Waals surface area (Å²) in [6.45, 7) is 6.00. The Morgan fingerprint density at radius 1 is 1.27 bits per heavy atom. The second-order valence-corrected chi connectivity index (χ2v) is 3.20. The Kier molecular flexibility index (Phi) is 2.18. The summed E-state index contributed by atoms with van der Waals surface area (Å²) in [7, 11) is 0. The summed E-state index contributed by atoms with van der Waals surface area (Å²) >= 11 is 0. The topological polar surface area (TPSA) is 23.1 Å². The van der Waals surface area contributed by atoms with Crippen molar-refractivity contribution >= 4 is 0 Å². The predicted octanol–water partition coefficient (Wildman–Crippen LogP) is 2.19. The molecule has 0 fully saturated rings. The van der Waals surface area contributed by atoms with E-state index in [9.17, 15) is 5.11 Å². The van der Waals surface area contributed by atoms with Crippen LogP contribution in [0.1, 0.15) is 30.9 Å². The maximum absolute atomic E-state index is 11.3. The average molecular weight is 149 g/mol. The Hall–Kier alpha value is -0.980. The van der Waals surface area contributed by atoms with Gasteiger partial charge in [0, 0.05) is 0 Å². The first-order chi connectivity index (χ1) is 5.11. The molecule has 1 aromatic rings. The molecule has 0 radical (unpaired) electrons. The minimum atomic E-state index is 0.167. The summed E-state index contributed by atoms with van der Waals surface area (Å²) in [4.78, 5) is 0. The zero-order valence-corrected chi connectivity index (χ0v) is 7.22. The van der Waals surface area contributed by atoms with Crippen LogP contribution in [-0.2, 0) is 0 Å². The number of rotatable bonds is 1. The molecule has 60 valence electrons. The lowest BCUT2D eigenvalue weighted by Crippen LogP contribution is -1.98. The third-order valence-corrected chi connectivity index (χ3v) is 1.79. The molecular formula is C10H13O-. The van der Waals surface area contributed by atoms with Crippen molar-refractivity contribution < 1.29 is 5.11 Å². The second kappa shape index (κ2) is 2.95. The standard InChI is InChI=1S/C10H14O/c1-7(2)9-5-4-8(3)6-10(9)11/h4-7,11H,1-3H3/p-1. The molecule has 0 aromatic heterocycles. The minimum absolute atomic E-state index is 0.167. The number of hydrogen-bond acceptors (Lipinski definition) is 1. The molecule has 0 heterocycles. The van der Waals surface area contributed by atoms with Gasteiger partial charge in [-0.2, -0.15) is 0 Å². The molecular weight excluding hydrogens is 136 g/mol. The third kappa shape index (κ3) is 1.73. The summed E-state index contributed by atoms with van der Waals surface area (Å²) in [6.07, 6.45) is 0. The van der Waals surface area contributed by atoms with Crippen LogP contribution in [0.15, 0.2) is 18.2 Å². The first-order valence-corrected chi connectivity index (χ1v) is 3.89. The van der Waals surface area contributed by atoms with Crippen LogP contribution < -0.4 is 5.11 Å². The SMILES string of the molecule is Cc1ccc(C(C)C)c([O-])c1. The normalized spacial score (nSPS) is 10.5. The molecule has 0 saturated heterocycles. The smallest absolute Gasteiger partial charge is 0.0225 e. The van der Waals surface area contributed by atoms with E-state index in [0.717, 1.165) is 11.1 Å². The number of aryl methyl sites for hydroxylation is 1. The Labute approximate surface area is 67.7 Å². The molecule has 0 atom stereocenters. The molecule has 1 rings (SSSR count). The number of hydrogen-bond donors (Lipinski definition) is 0. The first-order valence-electron chi connectivity index (χ1n) is 3.89. The first kappa shape index (κ1) is 8.12. The molecule has 0 bridgehead atoms. The highest BCUT2D eigenvalue weighted by atomic mass is 16.3. The Balaban J connectivity index is 3.09. The van der Waals surface area contributed by atoms with Gasteiger partial charge in [-0.15, -0.1) is 5.75 Å². The zero-order chi connectivity index (χ0) is 8.43. The van der Waals surface area contributed by atoms with Crippen LogP contribution in [0, 0.1) is 6.92 Å². The van der Waals surface area contributed by atoms with Crippen LogP contribution in [0.4, 0.5) is 0 Å². The molecule has 0 aliphatic rings. The molecule has 0 unspecified atom stereocenters. The number of benzene rings is 1. The summed E-state index contributed by atoms with van der Waals surface area (Å²) < 4.78 is 0. The van der Waals surface area contributed by atoms with E-state index < -0.39 is 0 Å². The molecule has 11 heavy (non-hydrogen) atoms. The van der Waals surface area contributed by atoms with Crippen LogP contribution in [0.2, 0.25) is 0 Å². The van der Waals surface area contributed by atoms with E-state index in [1.54, 1.807) is 6.07 Å². The monoisotopic (exact) mass is 149 g/mol. The van der Waals surface area contributed by atoms with E-state index in [1.807, 2.05) is 32.9 Å². The van der Waals surface area contributed by atoms with Crippen LogP contribution in [0.5, 0.6) is 5.75 Å². The summed E-state index contributed by atoms with van der Waals surface area (Å²) in [5, 5.41) is 11.3.